The minimum Gasteiger partial charge on any atom is -0.504 e. The molecule has 0 radical (unpaired) electrons. The fourth-order valence-corrected chi connectivity index (χ4v) is 6.97. The smallest absolute Gasteiger partial charge is 0.197 e. The van der Waals surface area contributed by atoms with Crippen molar-refractivity contribution in [2.75, 3.05) is 0 Å². The van der Waals surface area contributed by atoms with Gasteiger partial charge in [-0.2, -0.15) is 0 Å². The Kier molecular flexibility index (Phi) is 3.50. The van der Waals surface area contributed by atoms with E-state index in [2.05, 4.69) is 12.8 Å². The summed E-state index contributed by atoms with van der Waals surface area (Å²) in [5, 5.41) is 31.9. The lowest BCUT2D eigenvalue weighted by Crippen LogP contribution is -2.56. The number of terminal acetylenes is 1. The number of hydrogen-bond donors (Lipinski definition) is 3. The van der Waals surface area contributed by atoms with Gasteiger partial charge in [-0.05, 0) is 67.3 Å². The summed E-state index contributed by atoms with van der Waals surface area (Å²) < 4.78 is 0. The average Bonchev–Trinajstić information content (AvgIpc) is 2.79. The van der Waals surface area contributed by atoms with Crippen molar-refractivity contribution in [2.45, 2.75) is 70.5 Å². The van der Waals surface area contributed by atoms with E-state index >= 15 is 0 Å². The van der Waals surface area contributed by atoms with Gasteiger partial charge in [0, 0.05) is 11.8 Å². The normalized spacial score (nSPS) is 52.2. The molecule has 4 aliphatic rings. The third-order valence-electron chi connectivity index (χ3n) is 8.53. The van der Waals surface area contributed by atoms with E-state index in [1.165, 1.54) is 0 Å². The number of Topliss-reactive ketones (excluding diaryl/α,β-unsaturated/α-hetero) is 1. The number of fused-ring (bicyclic) bond motifs is 5. The van der Waals surface area contributed by atoms with E-state index in [1.807, 2.05) is 6.92 Å². The molecule has 7 atom stereocenters. The molecule has 0 spiro atoms. The maximum atomic E-state index is 12.0. The maximum Gasteiger partial charge on any atom is 0.197 e. The first kappa shape index (κ1) is 17.1. The van der Waals surface area contributed by atoms with Gasteiger partial charge < -0.3 is 15.3 Å². The second-order valence-electron chi connectivity index (χ2n) is 9.20. The molecule has 0 unspecified atom stereocenters. The van der Waals surface area contributed by atoms with E-state index < -0.39 is 17.1 Å². The molecular formula is C21H28O4. The number of aliphatic hydroxyl groups is 3. The molecule has 0 saturated heterocycles. The first-order chi connectivity index (χ1) is 11.7. The number of allylic oxidation sites excluding steroid dienone is 1. The first-order valence-corrected chi connectivity index (χ1v) is 9.53. The van der Waals surface area contributed by atoms with Crippen molar-refractivity contribution in [3.63, 3.8) is 0 Å². The highest BCUT2D eigenvalue weighted by atomic mass is 16.3. The van der Waals surface area contributed by atoms with Crippen LogP contribution in [0.15, 0.2) is 11.3 Å². The van der Waals surface area contributed by atoms with Crippen molar-refractivity contribution in [2.24, 2.45) is 28.6 Å². The molecule has 0 aliphatic heterocycles. The van der Waals surface area contributed by atoms with E-state index in [-0.39, 0.29) is 22.9 Å². The monoisotopic (exact) mass is 344 g/mol. The Morgan fingerprint density at radius 3 is 2.56 bits per heavy atom. The predicted octanol–water partition coefficient (Wildman–Crippen LogP) is 2.74. The van der Waals surface area contributed by atoms with Crippen molar-refractivity contribution in [1.82, 2.24) is 0 Å². The van der Waals surface area contributed by atoms with Crippen LogP contribution in [0.25, 0.3) is 0 Å². The van der Waals surface area contributed by atoms with Crippen LogP contribution >= 0.6 is 0 Å². The summed E-state index contributed by atoms with van der Waals surface area (Å²) in [5.74, 6) is 3.32. The zero-order valence-corrected chi connectivity index (χ0v) is 15.1. The van der Waals surface area contributed by atoms with Gasteiger partial charge in [-0.15, -0.1) is 6.42 Å². The molecule has 4 heteroatoms. The summed E-state index contributed by atoms with van der Waals surface area (Å²) in [6.07, 6.45) is 9.81. The van der Waals surface area contributed by atoms with Gasteiger partial charge in [0.15, 0.2) is 17.1 Å². The predicted molar refractivity (Wildman–Crippen MR) is 93.5 cm³/mol. The summed E-state index contributed by atoms with van der Waals surface area (Å²) in [6.45, 7) is 4.24. The third kappa shape index (κ3) is 1.89. The van der Waals surface area contributed by atoms with Crippen molar-refractivity contribution < 1.29 is 20.1 Å². The van der Waals surface area contributed by atoms with Crippen LogP contribution in [0, 0.1) is 40.9 Å². The molecule has 0 aromatic carbocycles. The first-order valence-electron chi connectivity index (χ1n) is 9.53. The van der Waals surface area contributed by atoms with E-state index in [0.29, 0.717) is 24.7 Å². The van der Waals surface area contributed by atoms with Crippen molar-refractivity contribution in [3.05, 3.63) is 11.3 Å². The van der Waals surface area contributed by atoms with Crippen LogP contribution in [-0.2, 0) is 4.79 Å². The van der Waals surface area contributed by atoms with Crippen LogP contribution < -0.4 is 0 Å². The van der Waals surface area contributed by atoms with Gasteiger partial charge in [0.1, 0.15) is 0 Å². The van der Waals surface area contributed by atoms with Gasteiger partial charge in [-0.3, -0.25) is 4.79 Å². The Morgan fingerprint density at radius 2 is 1.88 bits per heavy atom. The highest BCUT2D eigenvalue weighted by Crippen LogP contribution is 2.67. The zero-order chi connectivity index (χ0) is 18.2. The van der Waals surface area contributed by atoms with E-state index in [0.717, 1.165) is 37.7 Å². The van der Waals surface area contributed by atoms with Crippen LogP contribution in [0.4, 0.5) is 0 Å². The number of rotatable bonds is 0. The number of carbonyl (C=O) groups is 1. The van der Waals surface area contributed by atoms with Gasteiger partial charge >= 0.3 is 0 Å². The Morgan fingerprint density at radius 1 is 1.16 bits per heavy atom. The molecule has 136 valence electrons. The Balaban J connectivity index is 1.74. The largest absolute Gasteiger partial charge is 0.504 e. The minimum absolute atomic E-state index is 0.00659. The van der Waals surface area contributed by atoms with Crippen molar-refractivity contribution in [1.29, 1.82) is 0 Å². The van der Waals surface area contributed by atoms with E-state index in [4.69, 9.17) is 6.42 Å². The molecule has 4 aliphatic carbocycles. The van der Waals surface area contributed by atoms with Gasteiger partial charge in [0.2, 0.25) is 0 Å². The van der Waals surface area contributed by atoms with Gasteiger partial charge in [0.25, 0.3) is 0 Å². The van der Waals surface area contributed by atoms with Crippen LogP contribution in [0.2, 0.25) is 0 Å². The summed E-state index contributed by atoms with van der Waals surface area (Å²) in [7, 11) is 0. The molecule has 3 saturated carbocycles. The number of ketones is 1. The summed E-state index contributed by atoms with van der Waals surface area (Å²) in [6, 6.07) is 0. The minimum atomic E-state index is -1.45. The van der Waals surface area contributed by atoms with Crippen LogP contribution in [-0.4, -0.2) is 32.8 Å². The highest BCUT2D eigenvalue weighted by molar-refractivity contribution is 5.95. The second kappa shape index (κ2) is 5.11. The van der Waals surface area contributed by atoms with Crippen molar-refractivity contribution >= 4 is 5.78 Å². The van der Waals surface area contributed by atoms with Crippen LogP contribution in [0.3, 0.4) is 0 Å². The SMILES string of the molecule is C#C[C@]1(O)[C@H](O)C[C@H]2[C@@H]3CCC4=C(O)C(=O)CC[C@]4(C)[C@H]3CC[C@@]21C. The lowest BCUT2D eigenvalue weighted by Gasteiger charge is -2.58. The number of aliphatic hydroxyl groups excluding tert-OH is 2. The maximum absolute atomic E-state index is 12.0. The molecule has 3 N–H and O–H groups in total. The van der Waals surface area contributed by atoms with E-state index in [1.54, 1.807) is 0 Å². The topological polar surface area (TPSA) is 77.8 Å². The van der Waals surface area contributed by atoms with Gasteiger partial charge in [-0.1, -0.05) is 19.8 Å². The fraction of sp³-hybridized carbons (Fsp3) is 0.762. The van der Waals surface area contributed by atoms with Crippen molar-refractivity contribution in [3.8, 4) is 12.3 Å². The molecule has 25 heavy (non-hydrogen) atoms. The number of carbonyl (C=O) groups excluding carboxylic acids is 1. The highest BCUT2D eigenvalue weighted by Gasteiger charge is 2.67. The Labute approximate surface area is 149 Å². The lowest BCUT2D eigenvalue weighted by atomic mass is 9.46. The fourth-order valence-electron chi connectivity index (χ4n) is 6.97. The quantitative estimate of drug-likeness (QED) is 0.591. The Hall–Kier alpha value is -1.31. The molecule has 0 aromatic heterocycles. The summed E-state index contributed by atoms with van der Waals surface area (Å²) in [5.41, 5.74) is -1.12. The average molecular weight is 344 g/mol. The molecule has 0 heterocycles. The Bertz CT molecular complexity index is 703. The zero-order valence-electron chi connectivity index (χ0n) is 15.1. The molecule has 0 bridgehead atoms. The molecule has 0 amide bonds. The summed E-state index contributed by atoms with van der Waals surface area (Å²) >= 11 is 0. The molecule has 3 fully saturated rings. The lowest BCUT2D eigenvalue weighted by molar-refractivity contribution is -0.128. The van der Waals surface area contributed by atoms with E-state index in [9.17, 15) is 20.1 Å². The molecule has 0 aromatic rings. The van der Waals surface area contributed by atoms with Crippen LogP contribution in [0.5, 0.6) is 0 Å². The van der Waals surface area contributed by atoms with Gasteiger partial charge in [0.05, 0.1) is 6.10 Å². The molecule has 4 rings (SSSR count). The third-order valence-corrected chi connectivity index (χ3v) is 8.53. The van der Waals surface area contributed by atoms with Gasteiger partial charge in [-0.25, -0.2) is 0 Å². The summed E-state index contributed by atoms with van der Waals surface area (Å²) in [4.78, 5) is 12.0. The number of hydrogen-bond acceptors (Lipinski definition) is 4. The molecule has 4 nitrogen and oxygen atoms in total. The standard InChI is InChI=1S/C21H28O4/c1-4-21(25)17(23)11-15-12-5-6-14-18(24)16(22)8-9-19(14,2)13(12)7-10-20(15,21)3/h1,12-13,15,17,23-25H,5-11H2,2-3H3/t12-,13+,15+,17-,19-,20+,21+/m1/s1. The second-order valence-corrected chi connectivity index (χ2v) is 9.20. The van der Waals surface area contributed by atoms with Crippen LogP contribution in [0.1, 0.15) is 58.8 Å². The molecular weight excluding hydrogens is 316 g/mol.